The Balaban J connectivity index is 1.98. The predicted molar refractivity (Wildman–Crippen MR) is 68.8 cm³/mol. The smallest absolute Gasteiger partial charge is 0.255 e. The van der Waals surface area contributed by atoms with Crippen molar-refractivity contribution in [3.05, 3.63) is 42.2 Å². The van der Waals surface area contributed by atoms with Gasteiger partial charge in [-0.25, -0.2) is 0 Å². The topological polar surface area (TPSA) is 67.0 Å². The van der Waals surface area contributed by atoms with Crippen molar-refractivity contribution in [2.75, 3.05) is 11.9 Å². The number of H-pyrrole nitrogens is 1. The molecular formula is C13H15N3O2. The molecule has 0 unspecified atom stereocenters. The van der Waals surface area contributed by atoms with Gasteiger partial charge in [-0.3, -0.25) is 9.89 Å². The van der Waals surface area contributed by atoms with Gasteiger partial charge in [0.05, 0.1) is 18.5 Å². The standard InChI is InChI=1S/C13H15N3O2/c1-2-7-18-12-5-3-10(4-6-12)13(17)16-11-8-14-15-9-11/h3-6,8-9H,2,7H2,1H3,(H,14,15)(H,16,17). The molecular weight excluding hydrogens is 230 g/mol. The zero-order valence-corrected chi connectivity index (χ0v) is 10.1. The fourth-order valence-electron chi connectivity index (χ4n) is 1.44. The van der Waals surface area contributed by atoms with Crippen molar-refractivity contribution < 1.29 is 9.53 Å². The Morgan fingerprint density at radius 1 is 1.39 bits per heavy atom. The number of hydrogen-bond acceptors (Lipinski definition) is 3. The SMILES string of the molecule is CCCOc1ccc(C(=O)Nc2cn[nH]c2)cc1. The van der Waals surface area contributed by atoms with E-state index >= 15 is 0 Å². The average Bonchev–Trinajstić information content (AvgIpc) is 2.89. The minimum absolute atomic E-state index is 0.168. The average molecular weight is 245 g/mol. The molecule has 0 saturated heterocycles. The molecule has 1 aromatic carbocycles. The molecule has 0 saturated carbocycles. The first kappa shape index (κ1) is 12.2. The zero-order chi connectivity index (χ0) is 12.8. The van der Waals surface area contributed by atoms with E-state index in [-0.39, 0.29) is 5.91 Å². The lowest BCUT2D eigenvalue weighted by Gasteiger charge is -2.06. The van der Waals surface area contributed by atoms with Crippen LogP contribution in [0.15, 0.2) is 36.7 Å². The molecule has 1 heterocycles. The second kappa shape index (κ2) is 5.86. The number of nitrogens with zero attached hydrogens (tertiary/aromatic N) is 1. The number of nitrogens with one attached hydrogen (secondary N) is 2. The molecule has 5 heteroatoms. The van der Waals surface area contributed by atoms with E-state index in [1.807, 2.05) is 6.92 Å². The van der Waals surface area contributed by atoms with Gasteiger partial charge < -0.3 is 10.1 Å². The number of carbonyl (C=O) groups is 1. The molecule has 1 aromatic heterocycles. The van der Waals surface area contributed by atoms with Crippen molar-refractivity contribution in [1.29, 1.82) is 0 Å². The first-order chi connectivity index (χ1) is 8.79. The monoisotopic (exact) mass is 245 g/mol. The van der Waals surface area contributed by atoms with Gasteiger partial charge in [0.25, 0.3) is 5.91 Å². The molecule has 2 aromatic rings. The summed E-state index contributed by atoms with van der Waals surface area (Å²) in [5.74, 6) is 0.607. The lowest BCUT2D eigenvalue weighted by Crippen LogP contribution is -2.11. The maximum Gasteiger partial charge on any atom is 0.255 e. The largest absolute Gasteiger partial charge is 0.494 e. The van der Waals surface area contributed by atoms with E-state index in [2.05, 4.69) is 15.5 Å². The van der Waals surface area contributed by atoms with E-state index in [0.29, 0.717) is 17.9 Å². The molecule has 0 fully saturated rings. The highest BCUT2D eigenvalue weighted by Gasteiger charge is 2.06. The van der Waals surface area contributed by atoms with Crippen LogP contribution in [-0.4, -0.2) is 22.7 Å². The van der Waals surface area contributed by atoms with Crippen LogP contribution in [0, 0.1) is 0 Å². The summed E-state index contributed by atoms with van der Waals surface area (Å²) in [6.07, 6.45) is 4.13. The van der Waals surface area contributed by atoms with Crippen LogP contribution in [0.3, 0.4) is 0 Å². The summed E-state index contributed by atoms with van der Waals surface area (Å²) in [6, 6.07) is 7.06. The van der Waals surface area contributed by atoms with Crippen molar-refractivity contribution in [2.24, 2.45) is 0 Å². The maximum absolute atomic E-state index is 11.8. The van der Waals surface area contributed by atoms with Gasteiger partial charge in [0.15, 0.2) is 0 Å². The van der Waals surface area contributed by atoms with Crippen LogP contribution in [0.5, 0.6) is 5.75 Å². The number of aromatic nitrogens is 2. The normalized spacial score (nSPS) is 10.1. The van der Waals surface area contributed by atoms with E-state index in [4.69, 9.17) is 4.74 Å². The fraction of sp³-hybridized carbons (Fsp3) is 0.231. The van der Waals surface area contributed by atoms with Crippen molar-refractivity contribution in [1.82, 2.24) is 10.2 Å². The molecule has 0 aliphatic heterocycles. The van der Waals surface area contributed by atoms with E-state index in [1.54, 1.807) is 36.7 Å². The highest BCUT2D eigenvalue weighted by atomic mass is 16.5. The van der Waals surface area contributed by atoms with E-state index in [0.717, 1.165) is 12.2 Å². The second-order valence-corrected chi connectivity index (χ2v) is 3.81. The highest BCUT2D eigenvalue weighted by molar-refractivity contribution is 6.04. The van der Waals surface area contributed by atoms with Gasteiger partial charge in [-0.05, 0) is 30.7 Å². The summed E-state index contributed by atoms with van der Waals surface area (Å²) in [5.41, 5.74) is 1.23. The van der Waals surface area contributed by atoms with E-state index in [9.17, 15) is 4.79 Å². The Kier molecular flexibility index (Phi) is 3.96. The molecule has 2 N–H and O–H groups in total. The number of hydrogen-bond donors (Lipinski definition) is 2. The zero-order valence-electron chi connectivity index (χ0n) is 10.1. The summed E-state index contributed by atoms with van der Waals surface area (Å²) < 4.78 is 5.45. The highest BCUT2D eigenvalue weighted by Crippen LogP contribution is 2.13. The van der Waals surface area contributed by atoms with Crippen LogP contribution in [0.4, 0.5) is 5.69 Å². The molecule has 1 amide bonds. The van der Waals surface area contributed by atoms with Gasteiger partial charge in [-0.2, -0.15) is 5.10 Å². The number of aromatic amines is 1. The number of carbonyl (C=O) groups excluding carboxylic acids is 1. The minimum Gasteiger partial charge on any atom is -0.494 e. The molecule has 18 heavy (non-hydrogen) atoms. The van der Waals surface area contributed by atoms with Crippen molar-refractivity contribution in [3.8, 4) is 5.75 Å². The summed E-state index contributed by atoms with van der Waals surface area (Å²) >= 11 is 0. The van der Waals surface area contributed by atoms with Gasteiger partial charge in [-0.15, -0.1) is 0 Å². The van der Waals surface area contributed by atoms with Gasteiger partial charge in [0.2, 0.25) is 0 Å². The van der Waals surface area contributed by atoms with Crippen LogP contribution in [-0.2, 0) is 0 Å². The third-order valence-electron chi connectivity index (χ3n) is 2.35. The molecule has 0 aliphatic rings. The summed E-state index contributed by atoms with van der Waals surface area (Å²) in [4.78, 5) is 11.8. The molecule has 0 spiro atoms. The first-order valence-corrected chi connectivity index (χ1v) is 5.82. The number of ether oxygens (including phenoxy) is 1. The Morgan fingerprint density at radius 2 is 2.17 bits per heavy atom. The number of anilines is 1. The van der Waals surface area contributed by atoms with Crippen LogP contribution in [0.2, 0.25) is 0 Å². The molecule has 5 nitrogen and oxygen atoms in total. The lowest BCUT2D eigenvalue weighted by atomic mass is 10.2. The van der Waals surface area contributed by atoms with Crippen molar-refractivity contribution in [3.63, 3.8) is 0 Å². The van der Waals surface area contributed by atoms with E-state index in [1.165, 1.54) is 0 Å². The molecule has 2 rings (SSSR count). The molecule has 0 atom stereocenters. The predicted octanol–water partition coefficient (Wildman–Crippen LogP) is 2.45. The number of rotatable bonds is 5. The Hall–Kier alpha value is -2.30. The third kappa shape index (κ3) is 3.10. The van der Waals surface area contributed by atoms with Crippen molar-refractivity contribution in [2.45, 2.75) is 13.3 Å². The first-order valence-electron chi connectivity index (χ1n) is 5.82. The van der Waals surface area contributed by atoms with Gasteiger partial charge >= 0.3 is 0 Å². The quantitative estimate of drug-likeness (QED) is 0.850. The molecule has 0 radical (unpaired) electrons. The second-order valence-electron chi connectivity index (χ2n) is 3.81. The van der Waals surface area contributed by atoms with Crippen molar-refractivity contribution >= 4 is 11.6 Å². The Morgan fingerprint density at radius 3 is 2.78 bits per heavy atom. The lowest BCUT2D eigenvalue weighted by molar-refractivity contribution is 0.102. The van der Waals surface area contributed by atoms with Gasteiger partial charge in [0, 0.05) is 11.8 Å². The Bertz CT molecular complexity index is 491. The van der Waals surface area contributed by atoms with Gasteiger partial charge in [0.1, 0.15) is 5.75 Å². The molecule has 0 bridgehead atoms. The summed E-state index contributed by atoms with van der Waals surface area (Å²) in [7, 11) is 0. The number of benzene rings is 1. The molecule has 94 valence electrons. The number of amides is 1. The van der Waals surface area contributed by atoms with Crippen LogP contribution in [0.25, 0.3) is 0 Å². The summed E-state index contributed by atoms with van der Waals surface area (Å²) in [6.45, 7) is 2.73. The Labute approximate surface area is 105 Å². The van der Waals surface area contributed by atoms with Crippen LogP contribution >= 0.6 is 0 Å². The molecule has 0 aliphatic carbocycles. The fourth-order valence-corrected chi connectivity index (χ4v) is 1.44. The maximum atomic E-state index is 11.8. The third-order valence-corrected chi connectivity index (χ3v) is 2.35. The van der Waals surface area contributed by atoms with Gasteiger partial charge in [-0.1, -0.05) is 6.92 Å². The summed E-state index contributed by atoms with van der Waals surface area (Å²) in [5, 5.41) is 9.12. The minimum atomic E-state index is -0.168. The van der Waals surface area contributed by atoms with Crippen LogP contribution < -0.4 is 10.1 Å². The van der Waals surface area contributed by atoms with Crippen LogP contribution in [0.1, 0.15) is 23.7 Å². The van der Waals surface area contributed by atoms with E-state index < -0.39 is 0 Å².